The first-order valence-corrected chi connectivity index (χ1v) is 8.13. The van der Waals surface area contributed by atoms with E-state index in [0.717, 1.165) is 25.7 Å². The molecule has 0 aliphatic heterocycles. The molecule has 5 heteroatoms. The zero-order valence-corrected chi connectivity index (χ0v) is 13.9. The summed E-state index contributed by atoms with van der Waals surface area (Å²) in [6.45, 7) is 2.25. The third kappa shape index (κ3) is 4.00. The molecule has 0 heterocycles. The minimum atomic E-state index is -0.188. The first-order valence-electron chi connectivity index (χ1n) is 7.75. The summed E-state index contributed by atoms with van der Waals surface area (Å²) in [5.74, 6) is 0.272. The van der Waals surface area contributed by atoms with E-state index in [1.807, 2.05) is 7.05 Å². The summed E-state index contributed by atoms with van der Waals surface area (Å²) < 4.78 is 0. The monoisotopic (exact) mass is 325 g/mol. The van der Waals surface area contributed by atoms with Gasteiger partial charge in [0.05, 0.1) is 5.56 Å². The van der Waals surface area contributed by atoms with Crippen LogP contribution in [0.1, 0.15) is 48.5 Å². The van der Waals surface area contributed by atoms with Gasteiger partial charge >= 0.3 is 0 Å². The molecule has 0 spiro atoms. The standard InChI is InChI=1S/C17H24ClNO3/c1-11(21)16-8-14(18)7-13(17(16)22)9-19(2)15-5-3-12(10-20)4-6-15/h7-8,12,15,20,22H,3-6,9-10H2,1-2H3. The largest absolute Gasteiger partial charge is 0.507 e. The van der Waals surface area contributed by atoms with Gasteiger partial charge in [0, 0.05) is 29.8 Å². The Balaban J connectivity index is 2.09. The second-order valence-corrected chi connectivity index (χ2v) is 6.73. The van der Waals surface area contributed by atoms with Crippen molar-refractivity contribution in [2.24, 2.45) is 5.92 Å². The van der Waals surface area contributed by atoms with Gasteiger partial charge in [-0.05, 0) is 57.7 Å². The Bertz CT molecular complexity index is 539. The molecule has 0 unspecified atom stereocenters. The maximum Gasteiger partial charge on any atom is 0.163 e. The Kier molecular flexibility index (Phi) is 5.84. The van der Waals surface area contributed by atoms with E-state index in [1.165, 1.54) is 13.0 Å². The molecular weight excluding hydrogens is 302 g/mol. The SMILES string of the molecule is CC(=O)c1cc(Cl)cc(CN(C)C2CCC(CO)CC2)c1O. The highest BCUT2D eigenvalue weighted by Crippen LogP contribution is 2.31. The zero-order valence-electron chi connectivity index (χ0n) is 13.2. The number of aromatic hydroxyl groups is 1. The van der Waals surface area contributed by atoms with Gasteiger partial charge in [-0.3, -0.25) is 9.69 Å². The van der Waals surface area contributed by atoms with Crippen LogP contribution in [-0.4, -0.2) is 40.6 Å². The molecule has 1 aliphatic carbocycles. The van der Waals surface area contributed by atoms with Crippen molar-refractivity contribution in [1.29, 1.82) is 0 Å². The molecule has 122 valence electrons. The van der Waals surface area contributed by atoms with Gasteiger partial charge in [0.1, 0.15) is 5.75 Å². The summed E-state index contributed by atoms with van der Waals surface area (Å²) in [6, 6.07) is 3.66. The summed E-state index contributed by atoms with van der Waals surface area (Å²) >= 11 is 6.06. The lowest BCUT2D eigenvalue weighted by atomic mass is 9.86. The number of hydrogen-bond acceptors (Lipinski definition) is 4. The smallest absolute Gasteiger partial charge is 0.163 e. The molecule has 4 nitrogen and oxygen atoms in total. The minimum Gasteiger partial charge on any atom is -0.507 e. The average molecular weight is 326 g/mol. The normalized spacial score (nSPS) is 22.0. The molecule has 2 rings (SSSR count). The first-order chi connectivity index (χ1) is 10.4. The number of hydrogen-bond donors (Lipinski definition) is 2. The van der Waals surface area contributed by atoms with Crippen LogP contribution in [-0.2, 0) is 6.54 Å². The second kappa shape index (κ2) is 7.44. The van der Waals surface area contributed by atoms with Crippen molar-refractivity contribution in [3.05, 3.63) is 28.3 Å². The number of halogens is 1. The van der Waals surface area contributed by atoms with Gasteiger partial charge < -0.3 is 10.2 Å². The molecule has 1 fully saturated rings. The lowest BCUT2D eigenvalue weighted by molar-refractivity contribution is 0.101. The number of nitrogens with zero attached hydrogens (tertiary/aromatic N) is 1. The summed E-state index contributed by atoms with van der Waals surface area (Å²) in [6.07, 6.45) is 4.16. The number of aliphatic hydroxyl groups is 1. The summed E-state index contributed by atoms with van der Waals surface area (Å²) in [7, 11) is 2.03. The number of rotatable bonds is 5. The van der Waals surface area contributed by atoms with Crippen LogP contribution in [0.25, 0.3) is 0 Å². The van der Waals surface area contributed by atoms with E-state index in [1.54, 1.807) is 6.07 Å². The van der Waals surface area contributed by atoms with Crippen LogP contribution in [0.2, 0.25) is 5.02 Å². The number of Topliss-reactive ketones (excluding diaryl/α,β-unsaturated/α-hetero) is 1. The molecular formula is C17H24ClNO3. The van der Waals surface area contributed by atoms with E-state index < -0.39 is 0 Å². The fraction of sp³-hybridized carbons (Fsp3) is 0.588. The Morgan fingerprint density at radius 1 is 1.32 bits per heavy atom. The molecule has 1 aliphatic rings. The van der Waals surface area contributed by atoms with Crippen LogP contribution in [0.4, 0.5) is 0 Å². The highest BCUT2D eigenvalue weighted by atomic mass is 35.5. The number of ketones is 1. The van der Waals surface area contributed by atoms with Crippen molar-refractivity contribution in [1.82, 2.24) is 4.90 Å². The van der Waals surface area contributed by atoms with Crippen molar-refractivity contribution in [3.8, 4) is 5.75 Å². The predicted molar refractivity (Wildman–Crippen MR) is 87.4 cm³/mol. The summed E-state index contributed by atoms with van der Waals surface area (Å²) in [4.78, 5) is 13.8. The van der Waals surface area contributed by atoms with Gasteiger partial charge in [-0.2, -0.15) is 0 Å². The van der Waals surface area contributed by atoms with Gasteiger partial charge in [-0.25, -0.2) is 0 Å². The highest BCUT2D eigenvalue weighted by molar-refractivity contribution is 6.31. The molecule has 0 saturated heterocycles. The van der Waals surface area contributed by atoms with Crippen molar-refractivity contribution in [2.75, 3.05) is 13.7 Å². The molecule has 1 aromatic rings. The summed E-state index contributed by atoms with van der Waals surface area (Å²) in [5, 5.41) is 19.9. The Hall–Kier alpha value is -1.10. The van der Waals surface area contributed by atoms with E-state index in [0.29, 0.717) is 29.1 Å². The summed E-state index contributed by atoms with van der Waals surface area (Å²) in [5.41, 5.74) is 0.962. The molecule has 2 N–H and O–H groups in total. The topological polar surface area (TPSA) is 60.8 Å². The minimum absolute atomic E-state index is 0.0350. The quantitative estimate of drug-likeness (QED) is 0.816. The number of carbonyl (C=O) groups excluding carboxylic acids is 1. The number of phenols is 1. The molecule has 22 heavy (non-hydrogen) atoms. The van der Waals surface area contributed by atoms with E-state index >= 15 is 0 Å². The maximum absolute atomic E-state index is 11.6. The van der Waals surface area contributed by atoms with Crippen molar-refractivity contribution >= 4 is 17.4 Å². The predicted octanol–water partition coefficient (Wildman–Crippen LogP) is 3.23. The van der Waals surface area contributed by atoms with Crippen molar-refractivity contribution in [2.45, 2.75) is 45.2 Å². The molecule has 1 saturated carbocycles. The van der Waals surface area contributed by atoms with Crippen LogP contribution >= 0.6 is 11.6 Å². The van der Waals surface area contributed by atoms with Crippen LogP contribution in [0, 0.1) is 5.92 Å². The lowest BCUT2D eigenvalue weighted by Gasteiger charge is -2.34. The fourth-order valence-corrected chi connectivity index (χ4v) is 3.45. The van der Waals surface area contributed by atoms with Gasteiger partial charge in [-0.1, -0.05) is 11.6 Å². The van der Waals surface area contributed by atoms with Gasteiger partial charge in [-0.15, -0.1) is 0 Å². The van der Waals surface area contributed by atoms with Crippen LogP contribution in [0.15, 0.2) is 12.1 Å². The third-order valence-electron chi connectivity index (χ3n) is 4.65. The Morgan fingerprint density at radius 3 is 2.50 bits per heavy atom. The average Bonchev–Trinajstić information content (AvgIpc) is 2.50. The fourth-order valence-electron chi connectivity index (χ4n) is 3.21. The Labute approximate surface area is 136 Å². The van der Waals surface area contributed by atoms with Crippen molar-refractivity contribution in [3.63, 3.8) is 0 Å². The third-order valence-corrected chi connectivity index (χ3v) is 4.87. The molecule has 0 amide bonds. The van der Waals surface area contributed by atoms with Crippen LogP contribution in [0.3, 0.4) is 0 Å². The maximum atomic E-state index is 11.6. The second-order valence-electron chi connectivity index (χ2n) is 6.29. The van der Waals surface area contributed by atoms with Gasteiger partial charge in [0.2, 0.25) is 0 Å². The lowest BCUT2D eigenvalue weighted by Crippen LogP contribution is -2.35. The first kappa shape index (κ1) is 17.3. The molecule has 0 aromatic heterocycles. The van der Waals surface area contributed by atoms with Crippen LogP contribution < -0.4 is 0 Å². The molecule has 0 atom stereocenters. The number of aliphatic hydroxyl groups excluding tert-OH is 1. The molecule has 0 bridgehead atoms. The van der Waals surface area contributed by atoms with Crippen LogP contribution in [0.5, 0.6) is 5.75 Å². The van der Waals surface area contributed by atoms with E-state index in [2.05, 4.69) is 4.90 Å². The molecule has 1 aromatic carbocycles. The zero-order chi connectivity index (χ0) is 16.3. The Morgan fingerprint density at radius 2 is 1.95 bits per heavy atom. The van der Waals surface area contributed by atoms with Gasteiger partial charge in [0.25, 0.3) is 0 Å². The van der Waals surface area contributed by atoms with E-state index in [-0.39, 0.29) is 23.7 Å². The number of phenolic OH excluding ortho intramolecular Hbond substituents is 1. The highest BCUT2D eigenvalue weighted by Gasteiger charge is 2.24. The van der Waals surface area contributed by atoms with Gasteiger partial charge in [0.15, 0.2) is 5.78 Å². The van der Waals surface area contributed by atoms with E-state index in [9.17, 15) is 15.0 Å². The number of benzene rings is 1. The van der Waals surface area contributed by atoms with E-state index in [4.69, 9.17) is 11.6 Å². The number of carbonyl (C=O) groups is 1. The van der Waals surface area contributed by atoms with Crippen molar-refractivity contribution < 1.29 is 15.0 Å². The molecule has 0 radical (unpaired) electrons.